The minimum Gasteiger partial charge on any atom is -0.0845 e. The molecule has 0 atom stereocenters. The highest BCUT2D eigenvalue weighted by Crippen LogP contribution is 2.11. The lowest BCUT2D eigenvalue weighted by molar-refractivity contribution is 0.561. The Morgan fingerprint density at radius 1 is 0.261 bits per heavy atom. The second kappa shape index (κ2) is 16.8. The van der Waals surface area contributed by atoms with Gasteiger partial charge in [0.15, 0.2) is 0 Å². The van der Waals surface area contributed by atoms with Crippen LogP contribution in [0.3, 0.4) is 0 Å². The fourth-order valence-corrected chi connectivity index (χ4v) is 2.62. The summed E-state index contributed by atoms with van der Waals surface area (Å²) in [6.45, 7) is 0. The molecule has 0 aromatic rings. The minimum atomic E-state index is 1.21. The molecule has 0 aromatic heterocycles. The van der Waals surface area contributed by atoms with Crippen LogP contribution in [-0.2, 0) is 0 Å². The molecule has 0 unspecified atom stereocenters. The zero-order valence-electron chi connectivity index (χ0n) is 14.7. The van der Waals surface area contributed by atoms with Gasteiger partial charge in [-0.1, -0.05) is 118 Å². The van der Waals surface area contributed by atoms with Crippen molar-refractivity contribution in [2.24, 2.45) is 0 Å². The van der Waals surface area contributed by atoms with E-state index in [1.165, 1.54) is 70.6 Å². The molecule has 0 aromatic carbocycles. The van der Waals surface area contributed by atoms with E-state index < -0.39 is 0 Å². The average Bonchev–Trinajstić information content (AvgIpc) is 2.56. The summed E-state index contributed by atoms with van der Waals surface area (Å²) in [4.78, 5) is 0. The second-order valence-electron chi connectivity index (χ2n) is 6.16. The average molecular weight is 311 g/mol. The molecule has 1 aliphatic carbocycles. The molecular formula is C23H34. The zero-order chi connectivity index (χ0) is 16.3. The SMILES string of the molecule is C1=CCCCCCCCCCCC/C=C/C=C\C=C\C=C\C=C\1. The van der Waals surface area contributed by atoms with Gasteiger partial charge in [0.2, 0.25) is 0 Å². The molecule has 0 bridgehead atoms. The van der Waals surface area contributed by atoms with E-state index in [1.807, 2.05) is 0 Å². The molecule has 0 spiro atoms. The van der Waals surface area contributed by atoms with E-state index in [9.17, 15) is 0 Å². The quantitative estimate of drug-likeness (QED) is 0.431. The zero-order valence-corrected chi connectivity index (χ0v) is 14.7. The third-order valence-electron chi connectivity index (χ3n) is 4.01. The molecule has 0 amide bonds. The molecule has 0 nitrogen and oxygen atoms in total. The third-order valence-corrected chi connectivity index (χ3v) is 4.01. The van der Waals surface area contributed by atoms with E-state index in [0.717, 1.165) is 0 Å². The summed E-state index contributed by atoms with van der Waals surface area (Å²) in [6, 6.07) is 0. The first-order chi connectivity index (χ1) is 11.5. The third kappa shape index (κ3) is 15.1. The Bertz CT molecular complexity index is 375. The lowest BCUT2D eigenvalue weighted by atomic mass is 10.1. The molecule has 23 heavy (non-hydrogen) atoms. The van der Waals surface area contributed by atoms with Gasteiger partial charge in [-0.05, 0) is 25.7 Å². The smallest absolute Gasteiger partial charge is 0.0348 e. The van der Waals surface area contributed by atoms with Crippen molar-refractivity contribution >= 4 is 0 Å². The van der Waals surface area contributed by atoms with Crippen LogP contribution in [0.1, 0.15) is 70.6 Å². The Balaban J connectivity index is 2.32. The van der Waals surface area contributed by atoms with Crippen LogP contribution in [0.2, 0.25) is 0 Å². The van der Waals surface area contributed by atoms with Crippen molar-refractivity contribution < 1.29 is 0 Å². The highest BCUT2D eigenvalue weighted by atomic mass is 14.0. The summed E-state index contributed by atoms with van der Waals surface area (Å²) in [5.41, 5.74) is 0. The van der Waals surface area contributed by atoms with Gasteiger partial charge in [0.1, 0.15) is 0 Å². The summed E-state index contributed by atoms with van der Waals surface area (Å²) in [5, 5.41) is 0. The predicted molar refractivity (Wildman–Crippen MR) is 106 cm³/mol. The van der Waals surface area contributed by atoms with Crippen LogP contribution in [0.5, 0.6) is 0 Å². The van der Waals surface area contributed by atoms with Crippen LogP contribution >= 0.6 is 0 Å². The highest BCUT2D eigenvalue weighted by molar-refractivity contribution is 5.19. The fraction of sp³-hybridized carbons (Fsp3) is 0.478. The van der Waals surface area contributed by atoms with Gasteiger partial charge in [0.25, 0.3) is 0 Å². The summed E-state index contributed by atoms with van der Waals surface area (Å²) < 4.78 is 0. The van der Waals surface area contributed by atoms with Crippen LogP contribution in [0, 0.1) is 0 Å². The minimum absolute atomic E-state index is 1.21. The molecule has 0 heterocycles. The number of rotatable bonds is 0. The van der Waals surface area contributed by atoms with Gasteiger partial charge in [-0.25, -0.2) is 0 Å². The van der Waals surface area contributed by atoms with Gasteiger partial charge in [0.05, 0.1) is 0 Å². The van der Waals surface area contributed by atoms with E-state index in [2.05, 4.69) is 72.9 Å². The molecule has 0 heteroatoms. The monoisotopic (exact) mass is 310 g/mol. The lowest BCUT2D eigenvalue weighted by Crippen LogP contribution is -1.81. The summed E-state index contributed by atoms with van der Waals surface area (Å²) >= 11 is 0. The Morgan fingerprint density at radius 3 is 0.870 bits per heavy atom. The van der Waals surface area contributed by atoms with Crippen LogP contribution in [0.25, 0.3) is 0 Å². The maximum atomic E-state index is 2.28. The van der Waals surface area contributed by atoms with Crippen molar-refractivity contribution in [1.29, 1.82) is 0 Å². The molecule has 0 aliphatic heterocycles. The summed E-state index contributed by atoms with van der Waals surface area (Å²) in [7, 11) is 0. The van der Waals surface area contributed by atoms with Crippen molar-refractivity contribution in [3.63, 3.8) is 0 Å². The van der Waals surface area contributed by atoms with Gasteiger partial charge < -0.3 is 0 Å². The molecule has 0 N–H and O–H groups in total. The maximum Gasteiger partial charge on any atom is -0.0348 e. The topological polar surface area (TPSA) is 0 Å². The molecule has 0 radical (unpaired) electrons. The largest absolute Gasteiger partial charge is 0.0845 e. The van der Waals surface area contributed by atoms with Crippen molar-refractivity contribution in [2.75, 3.05) is 0 Å². The first-order valence-electron chi connectivity index (χ1n) is 9.48. The molecule has 0 saturated heterocycles. The van der Waals surface area contributed by atoms with E-state index >= 15 is 0 Å². The van der Waals surface area contributed by atoms with Crippen molar-refractivity contribution in [2.45, 2.75) is 70.6 Å². The summed E-state index contributed by atoms with van der Waals surface area (Å²) in [5.74, 6) is 0. The number of hydrogen-bond acceptors (Lipinski definition) is 0. The predicted octanol–water partition coefficient (Wildman–Crippen LogP) is 7.63. The van der Waals surface area contributed by atoms with E-state index in [1.54, 1.807) is 0 Å². The first-order valence-corrected chi connectivity index (χ1v) is 9.48. The van der Waals surface area contributed by atoms with Crippen molar-refractivity contribution in [1.82, 2.24) is 0 Å². The van der Waals surface area contributed by atoms with Gasteiger partial charge in [-0.2, -0.15) is 0 Å². The molecule has 1 rings (SSSR count). The van der Waals surface area contributed by atoms with Crippen LogP contribution in [0.4, 0.5) is 0 Å². The Labute approximate surface area is 144 Å². The molecular weight excluding hydrogens is 276 g/mol. The number of hydrogen-bond donors (Lipinski definition) is 0. The van der Waals surface area contributed by atoms with E-state index in [-0.39, 0.29) is 0 Å². The first kappa shape index (κ1) is 19.5. The van der Waals surface area contributed by atoms with Crippen LogP contribution in [-0.4, -0.2) is 0 Å². The standard InChI is InChI=1S/C23H34/c1-2-4-6-8-10-12-14-16-18-20-22-23-21-19-17-15-13-11-9-7-5-3-1/h1-12H,13-23H2/b3-1+,4-2+,7-5-,8-6+,11-9+,12-10?. The fourth-order valence-electron chi connectivity index (χ4n) is 2.62. The van der Waals surface area contributed by atoms with Crippen molar-refractivity contribution in [3.05, 3.63) is 72.9 Å². The number of allylic oxidation sites excluding steroid dienone is 12. The van der Waals surface area contributed by atoms with Gasteiger partial charge in [-0.3, -0.25) is 0 Å². The Hall–Kier alpha value is -1.56. The Morgan fingerprint density at radius 2 is 0.522 bits per heavy atom. The highest BCUT2D eigenvalue weighted by Gasteiger charge is 1.92. The van der Waals surface area contributed by atoms with Gasteiger partial charge >= 0.3 is 0 Å². The van der Waals surface area contributed by atoms with Crippen LogP contribution in [0.15, 0.2) is 72.9 Å². The molecule has 0 fully saturated rings. The Kier molecular flexibility index (Phi) is 14.2. The second-order valence-corrected chi connectivity index (χ2v) is 6.16. The van der Waals surface area contributed by atoms with E-state index in [0.29, 0.717) is 0 Å². The molecule has 1 aliphatic rings. The maximum absolute atomic E-state index is 2.28. The summed E-state index contributed by atoms with van der Waals surface area (Å²) in [6.07, 6.45) is 40.5. The normalized spacial score (nSPS) is 26.8. The molecule has 0 saturated carbocycles. The van der Waals surface area contributed by atoms with Crippen molar-refractivity contribution in [3.8, 4) is 0 Å². The van der Waals surface area contributed by atoms with Crippen LogP contribution < -0.4 is 0 Å². The van der Waals surface area contributed by atoms with E-state index in [4.69, 9.17) is 0 Å². The molecule has 126 valence electrons. The van der Waals surface area contributed by atoms with Gasteiger partial charge in [-0.15, -0.1) is 0 Å². The van der Waals surface area contributed by atoms with Gasteiger partial charge in [0, 0.05) is 0 Å². The lowest BCUT2D eigenvalue weighted by Gasteiger charge is -2.01.